The molecule has 1 N–H and O–H groups in total. The highest BCUT2D eigenvalue weighted by molar-refractivity contribution is 7.09. The number of carbonyl (C=O) groups is 1. The topological polar surface area (TPSA) is 70.6 Å². The van der Waals surface area contributed by atoms with E-state index in [0.29, 0.717) is 6.61 Å². The van der Waals surface area contributed by atoms with Crippen LogP contribution in [0.2, 0.25) is 0 Å². The second kappa shape index (κ2) is 6.89. The van der Waals surface area contributed by atoms with Gasteiger partial charge in [0, 0.05) is 44.3 Å². The zero-order chi connectivity index (χ0) is 15.5. The van der Waals surface area contributed by atoms with Crippen LogP contribution in [0.5, 0.6) is 0 Å². The van der Waals surface area contributed by atoms with Crippen molar-refractivity contribution < 1.29 is 9.53 Å². The average molecular weight is 325 g/mol. The molecule has 2 atom stereocenters. The molecule has 0 aromatic carbocycles. The minimum absolute atomic E-state index is 0.0635. The molecule has 8 heteroatoms. The van der Waals surface area contributed by atoms with Gasteiger partial charge in [0.25, 0.3) is 0 Å². The number of hydrogen-bond acceptors (Lipinski definition) is 7. The van der Waals surface area contributed by atoms with Crippen molar-refractivity contribution in [2.75, 3.05) is 44.2 Å². The smallest absolute Gasteiger partial charge is 0.242 e. The predicted molar refractivity (Wildman–Crippen MR) is 85.3 cm³/mol. The first-order valence-electron chi connectivity index (χ1n) is 7.84. The normalized spacial score (nSPS) is 26.8. The molecule has 0 bridgehead atoms. The molecule has 7 nitrogen and oxygen atoms in total. The van der Waals surface area contributed by atoms with Crippen LogP contribution in [0.3, 0.4) is 0 Å². The van der Waals surface area contributed by atoms with Crippen molar-refractivity contribution >= 4 is 22.6 Å². The predicted octanol–water partition coefficient (Wildman–Crippen LogP) is 0.262. The molecular weight excluding hydrogens is 302 g/mol. The first kappa shape index (κ1) is 15.6. The highest BCUT2D eigenvalue weighted by atomic mass is 32.1. The van der Waals surface area contributed by atoms with E-state index in [4.69, 9.17) is 4.74 Å². The standard InChI is InChI=1S/C14H23N5O2S/c1-10-12(15-4-9-21-10)13(20)18-5-3-6-19(8-7-18)14-16-11(2)17-22-14/h10,12,15H,3-9H2,1-2H3/t10-,12+/m1/s1. The van der Waals surface area contributed by atoms with Gasteiger partial charge in [-0.1, -0.05) is 0 Å². The van der Waals surface area contributed by atoms with E-state index < -0.39 is 0 Å². The van der Waals surface area contributed by atoms with Crippen LogP contribution in [-0.4, -0.2) is 71.6 Å². The molecule has 1 amide bonds. The summed E-state index contributed by atoms with van der Waals surface area (Å²) in [5, 5.41) is 4.24. The quantitative estimate of drug-likeness (QED) is 0.841. The highest BCUT2D eigenvalue weighted by Gasteiger charge is 2.32. The summed E-state index contributed by atoms with van der Waals surface area (Å²) in [6.45, 7) is 8.53. The number of aryl methyl sites for hydroxylation is 1. The van der Waals surface area contributed by atoms with Crippen LogP contribution in [0.4, 0.5) is 5.13 Å². The fourth-order valence-corrected chi connectivity index (χ4v) is 3.68. The van der Waals surface area contributed by atoms with Gasteiger partial charge >= 0.3 is 0 Å². The minimum atomic E-state index is -0.218. The molecule has 0 unspecified atom stereocenters. The largest absolute Gasteiger partial charge is 0.375 e. The molecule has 0 aliphatic carbocycles. The molecule has 1 aromatic heterocycles. The molecule has 2 aliphatic rings. The lowest BCUT2D eigenvalue weighted by Gasteiger charge is -2.33. The van der Waals surface area contributed by atoms with Crippen LogP contribution in [0.25, 0.3) is 0 Å². The third-order valence-corrected chi connectivity index (χ3v) is 5.05. The number of nitrogens with zero attached hydrogens (tertiary/aromatic N) is 4. The summed E-state index contributed by atoms with van der Waals surface area (Å²) in [6.07, 6.45) is 0.887. The molecule has 1 aromatic rings. The molecule has 3 rings (SSSR count). The van der Waals surface area contributed by atoms with Crippen LogP contribution < -0.4 is 10.2 Å². The van der Waals surface area contributed by atoms with Gasteiger partial charge in [0.05, 0.1) is 12.7 Å². The first-order chi connectivity index (χ1) is 10.6. The third kappa shape index (κ3) is 3.39. The number of rotatable bonds is 2. The van der Waals surface area contributed by atoms with Crippen molar-refractivity contribution in [2.45, 2.75) is 32.4 Å². The number of aromatic nitrogens is 2. The minimum Gasteiger partial charge on any atom is -0.375 e. The van der Waals surface area contributed by atoms with Crippen molar-refractivity contribution in [1.82, 2.24) is 19.6 Å². The summed E-state index contributed by atoms with van der Waals surface area (Å²) >= 11 is 1.43. The zero-order valence-corrected chi connectivity index (χ0v) is 13.9. The lowest BCUT2D eigenvalue weighted by atomic mass is 10.1. The SMILES string of the molecule is Cc1nsc(N2CCCN(C(=O)[C@H]3NCCO[C@@H]3C)CC2)n1. The Morgan fingerprint density at radius 2 is 2.23 bits per heavy atom. The number of anilines is 1. The van der Waals surface area contributed by atoms with Gasteiger partial charge in [-0.2, -0.15) is 4.37 Å². The van der Waals surface area contributed by atoms with Crippen molar-refractivity contribution in [2.24, 2.45) is 0 Å². The summed E-state index contributed by atoms with van der Waals surface area (Å²) in [5.74, 6) is 0.969. The Balaban J connectivity index is 1.61. The Labute approximate surface area is 134 Å². The summed E-state index contributed by atoms with van der Waals surface area (Å²) in [5.41, 5.74) is 0. The maximum atomic E-state index is 12.7. The first-order valence-corrected chi connectivity index (χ1v) is 8.61. The average Bonchev–Trinajstić information content (AvgIpc) is 2.81. The van der Waals surface area contributed by atoms with E-state index in [-0.39, 0.29) is 18.1 Å². The fourth-order valence-electron chi connectivity index (χ4n) is 2.95. The van der Waals surface area contributed by atoms with Gasteiger partial charge in [-0.25, -0.2) is 4.98 Å². The van der Waals surface area contributed by atoms with E-state index in [2.05, 4.69) is 19.6 Å². The lowest BCUT2D eigenvalue weighted by Crippen LogP contribution is -2.56. The zero-order valence-electron chi connectivity index (χ0n) is 13.1. The van der Waals surface area contributed by atoms with Crippen LogP contribution in [0, 0.1) is 6.92 Å². The van der Waals surface area contributed by atoms with Crippen LogP contribution in [0.1, 0.15) is 19.2 Å². The molecule has 0 saturated carbocycles. The number of ether oxygens (including phenoxy) is 1. The number of carbonyl (C=O) groups excluding carboxylic acids is 1. The summed E-state index contributed by atoms with van der Waals surface area (Å²) in [7, 11) is 0. The van der Waals surface area contributed by atoms with Gasteiger partial charge in [0.2, 0.25) is 11.0 Å². The number of morpholine rings is 1. The Morgan fingerprint density at radius 3 is 2.95 bits per heavy atom. The third-order valence-electron chi connectivity index (χ3n) is 4.18. The monoisotopic (exact) mass is 325 g/mol. The van der Waals surface area contributed by atoms with Crippen LogP contribution >= 0.6 is 11.5 Å². The van der Waals surface area contributed by atoms with Gasteiger partial charge in [-0.05, 0) is 20.3 Å². The molecule has 0 radical (unpaired) electrons. The van der Waals surface area contributed by atoms with Crippen LogP contribution in [0.15, 0.2) is 0 Å². The van der Waals surface area contributed by atoms with Gasteiger partial charge in [-0.3, -0.25) is 4.79 Å². The highest BCUT2D eigenvalue weighted by Crippen LogP contribution is 2.19. The number of amides is 1. The van der Waals surface area contributed by atoms with Gasteiger partial charge in [0.1, 0.15) is 11.9 Å². The summed E-state index contributed by atoms with van der Waals surface area (Å²) in [6, 6.07) is -0.218. The molecule has 2 saturated heterocycles. The Bertz CT molecular complexity index is 523. The summed E-state index contributed by atoms with van der Waals surface area (Å²) in [4.78, 5) is 21.3. The van der Waals surface area contributed by atoms with E-state index in [0.717, 1.165) is 50.1 Å². The van der Waals surface area contributed by atoms with E-state index >= 15 is 0 Å². The van der Waals surface area contributed by atoms with E-state index in [1.165, 1.54) is 11.5 Å². The molecule has 2 aliphatic heterocycles. The second-order valence-electron chi connectivity index (χ2n) is 5.80. The molecule has 2 fully saturated rings. The van der Waals surface area contributed by atoms with Crippen LogP contribution in [-0.2, 0) is 9.53 Å². The molecule has 22 heavy (non-hydrogen) atoms. The molecule has 3 heterocycles. The molecule has 122 valence electrons. The lowest BCUT2D eigenvalue weighted by molar-refractivity contribution is -0.139. The van der Waals surface area contributed by atoms with Crippen molar-refractivity contribution in [3.8, 4) is 0 Å². The van der Waals surface area contributed by atoms with E-state index in [1.54, 1.807) is 0 Å². The Morgan fingerprint density at radius 1 is 1.36 bits per heavy atom. The van der Waals surface area contributed by atoms with Crippen molar-refractivity contribution in [1.29, 1.82) is 0 Å². The number of nitrogens with one attached hydrogen (secondary N) is 1. The van der Waals surface area contributed by atoms with E-state index in [9.17, 15) is 4.79 Å². The van der Waals surface area contributed by atoms with Gasteiger partial charge in [0.15, 0.2) is 0 Å². The van der Waals surface area contributed by atoms with Gasteiger partial charge < -0.3 is 19.9 Å². The van der Waals surface area contributed by atoms with Crippen molar-refractivity contribution in [3.63, 3.8) is 0 Å². The Hall–Kier alpha value is -1.25. The fraction of sp³-hybridized carbons (Fsp3) is 0.786. The second-order valence-corrected chi connectivity index (χ2v) is 6.53. The number of hydrogen-bond donors (Lipinski definition) is 1. The summed E-state index contributed by atoms with van der Waals surface area (Å²) < 4.78 is 9.83. The van der Waals surface area contributed by atoms with E-state index in [1.807, 2.05) is 18.7 Å². The van der Waals surface area contributed by atoms with Crippen molar-refractivity contribution in [3.05, 3.63) is 5.82 Å². The maximum Gasteiger partial charge on any atom is 0.242 e. The molecular formula is C14H23N5O2S. The maximum absolute atomic E-state index is 12.7. The molecule has 0 spiro atoms. The Kier molecular flexibility index (Phi) is 4.90. The van der Waals surface area contributed by atoms with Gasteiger partial charge in [-0.15, -0.1) is 0 Å².